The molecule has 4 heteroatoms. The Labute approximate surface area is 141 Å². The number of hydrogen-bond acceptors (Lipinski definition) is 4. The van der Waals surface area contributed by atoms with Gasteiger partial charge in [-0.3, -0.25) is 0 Å². The van der Waals surface area contributed by atoms with Gasteiger partial charge >= 0.3 is 0 Å². The maximum Gasteiger partial charge on any atom is 0.209 e. The first-order chi connectivity index (χ1) is 11.2. The summed E-state index contributed by atoms with van der Waals surface area (Å²) in [4.78, 5) is 8.67. The molecule has 1 aromatic heterocycles. The molecule has 0 fully saturated rings. The van der Waals surface area contributed by atoms with Crippen LogP contribution >= 0.6 is 11.3 Å². The van der Waals surface area contributed by atoms with E-state index in [1.807, 2.05) is 29.8 Å². The predicted octanol–water partition coefficient (Wildman–Crippen LogP) is 5.64. The van der Waals surface area contributed by atoms with Crippen molar-refractivity contribution in [2.24, 2.45) is 4.99 Å². The minimum absolute atomic E-state index is 0. The van der Waals surface area contributed by atoms with E-state index in [2.05, 4.69) is 48.1 Å². The molecule has 0 saturated carbocycles. The van der Waals surface area contributed by atoms with Crippen molar-refractivity contribution in [3.05, 3.63) is 65.2 Å². The molecule has 2 aromatic carbocycles. The van der Waals surface area contributed by atoms with Crippen LogP contribution in [-0.4, -0.2) is 17.8 Å². The first-order valence-corrected chi connectivity index (χ1v) is 8.33. The van der Waals surface area contributed by atoms with Crippen LogP contribution in [0.15, 0.2) is 64.6 Å². The highest BCUT2D eigenvalue weighted by Gasteiger charge is 2.07. The number of allylic oxidation sites excluding steroid dienone is 1. The first kappa shape index (κ1) is 15.4. The molecule has 118 valence electrons. The first-order valence-electron chi connectivity index (χ1n) is 7.45. The van der Waals surface area contributed by atoms with E-state index in [0.29, 0.717) is 6.61 Å². The molecule has 0 bridgehead atoms. The second-order valence-electron chi connectivity index (χ2n) is 5.36. The van der Waals surface area contributed by atoms with Crippen LogP contribution < -0.4 is 4.74 Å². The van der Waals surface area contributed by atoms with E-state index in [0.717, 1.165) is 21.8 Å². The van der Waals surface area contributed by atoms with E-state index in [9.17, 15) is 0 Å². The van der Waals surface area contributed by atoms with Gasteiger partial charge in [0.1, 0.15) is 12.4 Å². The Morgan fingerprint density at radius 2 is 2.13 bits per heavy atom. The highest BCUT2D eigenvalue weighted by Crippen LogP contribution is 2.27. The Hall–Kier alpha value is -2.46. The average molecular weight is 325 g/mol. The Morgan fingerprint density at radius 3 is 2.91 bits per heavy atom. The van der Waals surface area contributed by atoms with Crippen molar-refractivity contribution in [2.75, 3.05) is 6.61 Å². The molecule has 0 radical (unpaired) electrons. The van der Waals surface area contributed by atoms with Gasteiger partial charge in [0.25, 0.3) is 0 Å². The smallest absolute Gasteiger partial charge is 0.209 e. The zero-order chi connectivity index (χ0) is 16.1. The molecule has 0 aliphatic heterocycles. The van der Waals surface area contributed by atoms with Gasteiger partial charge < -0.3 is 4.74 Å². The van der Waals surface area contributed by atoms with Gasteiger partial charge in [0, 0.05) is 24.8 Å². The van der Waals surface area contributed by atoms with Gasteiger partial charge in [0.15, 0.2) is 0 Å². The summed E-state index contributed by atoms with van der Waals surface area (Å²) in [6.07, 6.45) is 5.67. The summed E-state index contributed by atoms with van der Waals surface area (Å²) in [5.41, 5.74) is 2.23. The molecule has 0 saturated heterocycles. The van der Waals surface area contributed by atoms with E-state index in [1.54, 1.807) is 6.20 Å². The zero-order valence-electron chi connectivity index (χ0n) is 13.2. The van der Waals surface area contributed by atoms with Crippen molar-refractivity contribution >= 4 is 33.5 Å². The van der Waals surface area contributed by atoms with Gasteiger partial charge in [-0.25, -0.2) is 9.98 Å². The van der Waals surface area contributed by atoms with Crippen LogP contribution in [0.2, 0.25) is 0 Å². The normalized spacial score (nSPS) is 11.0. The lowest BCUT2D eigenvalue weighted by Gasteiger charge is -2.10. The third-order valence-electron chi connectivity index (χ3n) is 3.38. The topological polar surface area (TPSA) is 34.5 Å². The Balaban J connectivity index is 0.00000208. The number of nitrogens with zero attached hydrogens (tertiary/aromatic N) is 2. The van der Waals surface area contributed by atoms with Crippen molar-refractivity contribution in [1.82, 2.24) is 4.98 Å². The fourth-order valence-corrected chi connectivity index (χ4v) is 2.71. The average Bonchev–Trinajstić information content (AvgIpc) is 3.06. The van der Waals surface area contributed by atoms with Crippen molar-refractivity contribution in [1.29, 1.82) is 0 Å². The lowest BCUT2D eigenvalue weighted by Crippen LogP contribution is -1.98. The molecule has 0 aliphatic carbocycles. The fourth-order valence-electron chi connectivity index (χ4n) is 2.23. The van der Waals surface area contributed by atoms with Gasteiger partial charge in [-0.2, -0.15) is 0 Å². The molecular weight excluding hydrogens is 304 g/mol. The van der Waals surface area contributed by atoms with E-state index >= 15 is 0 Å². The quantitative estimate of drug-likeness (QED) is 0.449. The summed E-state index contributed by atoms with van der Waals surface area (Å²) in [5, 5.41) is 4.96. The van der Waals surface area contributed by atoms with Gasteiger partial charge in [0.05, 0.1) is 0 Å². The monoisotopic (exact) mass is 325 g/mol. The summed E-state index contributed by atoms with van der Waals surface area (Å²) in [5.74, 6) is 0.835. The molecule has 0 unspecified atom stereocenters. The van der Waals surface area contributed by atoms with Crippen LogP contribution in [0.4, 0.5) is 5.13 Å². The van der Waals surface area contributed by atoms with Crippen molar-refractivity contribution in [2.45, 2.75) is 13.8 Å². The van der Waals surface area contributed by atoms with Gasteiger partial charge in [-0.1, -0.05) is 35.9 Å². The number of ether oxygens (including phenoxy) is 1. The molecule has 0 spiro atoms. The summed E-state index contributed by atoms with van der Waals surface area (Å²) >= 11 is 1.52. The number of fused-ring (bicyclic) bond motifs is 1. The highest BCUT2D eigenvalue weighted by atomic mass is 32.1. The van der Waals surface area contributed by atoms with Crippen LogP contribution in [0.3, 0.4) is 0 Å². The molecular formula is C19H20N2OS. The molecule has 0 N–H and O–H groups in total. The van der Waals surface area contributed by atoms with E-state index < -0.39 is 0 Å². The van der Waals surface area contributed by atoms with Gasteiger partial charge in [0.2, 0.25) is 5.13 Å². The van der Waals surface area contributed by atoms with Crippen LogP contribution in [0, 0.1) is 0 Å². The lowest BCUT2D eigenvalue weighted by molar-refractivity contribution is 0.362. The predicted molar refractivity (Wildman–Crippen MR) is 100 cm³/mol. The highest BCUT2D eigenvalue weighted by molar-refractivity contribution is 7.13. The number of aliphatic imine (C=N–C) groups is 1. The fraction of sp³-hybridized carbons (Fsp3) is 0.158. The summed E-state index contributed by atoms with van der Waals surface area (Å²) in [7, 11) is 0. The van der Waals surface area contributed by atoms with E-state index in [1.165, 1.54) is 22.3 Å². The zero-order valence-corrected chi connectivity index (χ0v) is 14.0. The van der Waals surface area contributed by atoms with Crippen LogP contribution in [0.25, 0.3) is 10.8 Å². The summed E-state index contributed by atoms with van der Waals surface area (Å²) in [6.45, 7) is 4.68. The Kier molecular flexibility index (Phi) is 4.83. The third kappa shape index (κ3) is 3.85. The molecule has 3 nitrogen and oxygen atoms in total. The molecule has 1 heterocycles. The molecule has 3 rings (SSSR count). The minimum atomic E-state index is 0. The van der Waals surface area contributed by atoms with E-state index in [4.69, 9.17) is 4.74 Å². The second-order valence-corrected chi connectivity index (χ2v) is 6.24. The molecule has 0 amide bonds. The summed E-state index contributed by atoms with van der Waals surface area (Å²) in [6, 6.07) is 12.3. The van der Waals surface area contributed by atoms with Crippen molar-refractivity contribution < 1.29 is 6.16 Å². The SMILES string of the molecule is CC(C)=CCOc1ccc2ccccc2c1C=Nc1nccs1.[2HH]. The number of thiazole rings is 1. The van der Waals surface area contributed by atoms with Crippen LogP contribution in [0.1, 0.15) is 20.8 Å². The van der Waals surface area contributed by atoms with Crippen molar-refractivity contribution in [3.63, 3.8) is 0 Å². The van der Waals surface area contributed by atoms with Crippen LogP contribution in [0.5, 0.6) is 5.75 Å². The number of rotatable bonds is 5. The second kappa shape index (κ2) is 7.20. The Morgan fingerprint density at radius 1 is 1.26 bits per heavy atom. The Bertz CT molecular complexity index is 853. The molecule has 3 aromatic rings. The molecule has 0 atom stereocenters. The standard InChI is InChI=1S/C19H18N2OS.H2/c1-14(2)9-11-22-18-8-7-15-5-3-4-6-16(15)17(18)13-21-19-20-10-12-23-19;/h3-10,12-13H,11H2,1-2H3;1H/i;1+1. The maximum atomic E-state index is 5.94. The minimum Gasteiger partial charge on any atom is -0.489 e. The number of aromatic nitrogens is 1. The summed E-state index contributed by atoms with van der Waals surface area (Å²) < 4.78 is 5.94. The largest absolute Gasteiger partial charge is 0.489 e. The number of benzene rings is 2. The van der Waals surface area contributed by atoms with E-state index in [-0.39, 0.29) is 1.43 Å². The van der Waals surface area contributed by atoms with Gasteiger partial charge in [-0.15, -0.1) is 11.3 Å². The van der Waals surface area contributed by atoms with Gasteiger partial charge in [-0.05, 0) is 36.8 Å². The van der Waals surface area contributed by atoms with Crippen molar-refractivity contribution in [3.8, 4) is 5.75 Å². The maximum absolute atomic E-state index is 5.94. The number of hydrogen-bond donors (Lipinski definition) is 0. The van der Waals surface area contributed by atoms with Crippen LogP contribution in [-0.2, 0) is 0 Å². The molecule has 0 aliphatic rings. The lowest BCUT2D eigenvalue weighted by atomic mass is 10.0. The molecule has 23 heavy (non-hydrogen) atoms. The third-order valence-corrected chi connectivity index (χ3v) is 4.06.